The number of hydrogen-bond donors (Lipinski definition) is 24. The number of aliphatic hydroxyl groups is 1. The number of aromatic amines is 3. The van der Waals surface area contributed by atoms with E-state index in [1.54, 1.807) is 115 Å². The van der Waals surface area contributed by atoms with Gasteiger partial charge < -0.3 is 131 Å². The summed E-state index contributed by atoms with van der Waals surface area (Å²) in [5.41, 5.74) is 15.1. The predicted octanol–water partition coefficient (Wildman–Crippen LogP) is -4.03. The average Bonchev–Trinajstić information content (AvgIpc) is 1.65. The third-order valence-electron chi connectivity index (χ3n) is 23.3. The van der Waals surface area contributed by atoms with Crippen molar-refractivity contribution in [2.45, 2.75) is 189 Å². The first-order valence-corrected chi connectivity index (χ1v) is 44.9. The number of phenols is 2. The molecule has 26 N–H and O–H groups in total. The summed E-state index contributed by atoms with van der Waals surface area (Å²) >= 11 is 0. The number of H-pyrrole nitrogens is 3. The Morgan fingerprint density at radius 1 is 0.457 bits per heavy atom. The highest BCUT2D eigenvalue weighted by molar-refractivity contribution is 6.03. The quantitative estimate of drug-likeness (QED) is 0.0183. The number of hydrogen-bond acceptors (Lipinski definition) is 23. The van der Waals surface area contributed by atoms with Gasteiger partial charge in [-0.2, -0.15) is 0 Å². The highest BCUT2D eigenvalue weighted by Gasteiger charge is 2.43. The number of carboxylic acid groups (broad SMARTS) is 1. The lowest BCUT2D eigenvalue weighted by Gasteiger charge is -2.30. The minimum Gasteiger partial charge on any atom is -0.508 e. The fraction of sp³-hybridized carbons (Fsp3) is 0.347. The van der Waals surface area contributed by atoms with Crippen molar-refractivity contribution in [1.82, 2.24) is 105 Å². The number of amides is 18. The maximum absolute atomic E-state index is 15.8. The second-order valence-corrected chi connectivity index (χ2v) is 34.0. The molecule has 140 heavy (non-hydrogen) atoms. The normalized spacial score (nSPS) is 19.5. The van der Waals surface area contributed by atoms with Crippen LogP contribution in [0.4, 0.5) is 0 Å². The zero-order valence-corrected chi connectivity index (χ0v) is 76.2. The molecule has 2 fully saturated rings. The van der Waals surface area contributed by atoms with Gasteiger partial charge in [-0.3, -0.25) is 91.1 Å². The molecule has 2 aliphatic heterocycles. The van der Waals surface area contributed by atoms with E-state index in [1.165, 1.54) is 81.1 Å². The van der Waals surface area contributed by atoms with Crippen LogP contribution in [0.1, 0.15) is 91.9 Å². The van der Waals surface area contributed by atoms with Crippen LogP contribution in [0.3, 0.4) is 0 Å². The van der Waals surface area contributed by atoms with Gasteiger partial charge in [0, 0.05) is 97.6 Å². The first-order chi connectivity index (χ1) is 66.9. The van der Waals surface area contributed by atoms with E-state index >= 15 is 24.0 Å². The first-order valence-electron chi connectivity index (χ1n) is 44.9. The van der Waals surface area contributed by atoms with Crippen molar-refractivity contribution in [3.05, 3.63) is 222 Å². The van der Waals surface area contributed by atoms with Crippen LogP contribution in [0.15, 0.2) is 183 Å². The fourth-order valence-electron chi connectivity index (χ4n) is 15.9. The van der Waals surface area contributed by atoms with Crippen LogP contribution in [0.2, 0.25) is 0 Å². The van der Waals surface area contributed by atoms with Gasteiger partial charge in [0.15, 0.2) is 0 Å². The van der Waals surface area contributed by atoms with Crippen molar-refractivity contribution in [3.8, 4) is 11.5 Å². The number of carbonyl (C=O) groups is 19. The summed E-state index contributed by atoms with van der Waals surface area (Å²) in [5, 5.41) is 79.4. The SMILES string of the molecule is C[C@@H]1NC(=O)[C@@H]([C@@H](C)O)NC(=O)CNC(=O)[C@@H](Cc2cnc[nH]2)NC(=O)[C@H](Cc2c[nH]c3ccccc23)NC(=O)[C@@H](CC(N)=O)NC(=O)CNC(=O)C[C@H](C(=O)N[C@@H](Cc2c[nH]c3ccccc23)C(=O)N[C@@H](Cc2ccccc2)C(=O)N[C@@H](Cc2ccccc2)C(=O)N[C@@H](CC(N)=O)C(=O)N[C@@H](Cc2ccc(O)cc2)C(=O)N[C@@H](Cc2ccc(O)cc2)C(=O)N[C@H](C)C(=O)O)NC(=O)[C@H]2CCCN2C1=O. The van der Waals surface area contributed by atoms with Gasteiger partial charge in [0.25, 0.3) is 0 Å². The first kappa shape index (κ1) is 104. The Morgan fingerprint density at radius 3 is 1.42 bits per heavy atom. The zero-order chi connectivity index (χ0) is 101. The summed E-state index contributed by atoms with van der Waals surface area (Å²) in [7, 11) is 0. The molecule has 9 aromatic rings. The second kappa shape index (κ2) is 49.0. The molecule has 45 nitrogen and oxygen atoms in total. The number of benzene rings is 6. The standard InChI is InChI=1S/C95H110N22O23/c1-49-94(138)117-32-14-23-75(117)92(136)115-74(42-78(123)101-46-79(124)106-72(40-76(96)121)89(133)111-70(38-57-44-100-64-22-13-11-20-62(57)64)88(132)113-71(39-58-45-98-48-103-58)82(126)102-47-80(125)116-81(51(3)118)93(137)104-49)91(135)112-69(37-56-43-99-63-21-12-10-19-61(56)63)87(131)109-66(33-52-15-6-4-7-16-52)84(128)108-67(34-53-17-8-5-9-18-53)86(130)114-73(41-77(97)122)90(134)110-68(36-55-26-30-60(120)31-27-55)85(129)107-65(83(127)105-50(2)95(139)140)35-54-24-28-59(119)29-25-54/h4-13,15-22,24-31,43-45,48-51,65-75,81,99-100,118-120H,14,23,32-42,46-47H2,1-3H3,(H2,96,121)(H2,97,122)(H,98,103)(H,101,123)(H,102,126)(H,104,137)(H,105,127)(H,106,124)(H,107,129)(H,108,128)(H,109,131)(H,110,134)(H,111,133)(H,112,135)(H,113,132)(H,114,130)(H,115,136)(H,116,125)(H,139,140)/t49-,50+,51+,65-,66-,67-,68-,69-,70-,71+,72+,73-,74+,75+,81+/m0/s1. The zero-order valence-electron chi connectivity index (χ0n) is 76.2. The summed E-state index contributed by atoms with van der Waals surface area (Å²) in [4.78, 5) is 288. The number of para-hydroxylation sites is 2. The van der Waals surface area contributed by atoms with Gasteiger partial charge in [-0.15, -0.1) is 0 Å². The Labute approximate surface area is 799 Å². The van der Waals surface area contributed by atoms with Crippen LogP contribution in [0, 0.1) is 0 Å². The van der Waals surface area contributed by atoms with Crippen LogP contribution in [0.25, 0.3) is 21.8 Å². The van der Waals surface area contributed by atoms with Crippen molar-refractivity contribution < 1.29 is 112 Å². The van der Waals surface area contributed by atoms with Gasteiger partial charge >= 0.3 is 5.97 Å². The molecule has 0 bridgehead atoms. The molecule has 738 valence electrons. The maximum atomic E-state index is 15.8. The van der Waals surface area contributed by atoms with Gasteiger partial charge in [0.1, 0.15) is 96.1 Å². The van der Waals surface area contributed by atoms with E-state index in [1.807, 2.05) is 0 Å². The van der Waals surface area contributed by atoms with Crippen LogP contribution in [-0.2, 0) is 136 Å². The van der Waals surface area contributed by atoms with E-state index < -0.39 is 248 Å². The van der Waals surface area contributed by atoms with Crippen LogP contribution < -0.4 is 91.2 Å². The topological polar surface area (TPSA) is 701 Å². The Morgan fingerprint density at radius 2 is 0.914 bits per heavy atom. The molecule has 5 heterocycles. The molecule has 18 amide bonds. The van der Waals surface area contributed by atoms with Gasteiger partial charge in [-0.05, 0) is 103 Å². The molecule has 2 saturated heterocycles. The number of imidazole rings is 1. The molecule has 0 radical (unpaired) electrons. The number of aromatic hydroxyl groups is 2. The molecule has 2 aliphatic rings. The number of carboxylic acids is 1. The lowest BCUT2D eigenvalue weighted by molar-refractivity contribution is -0.143. The Hall–Kier alpha value is -16.9. The number of nitrogens with two attached hydrogens (primary N) is 2. The number of rotatable bonds is 34. The lowest BCUT2D eigenvalue weighted by atomic mass is 10.00. The molecule has 0 aliphatic carbocycles. The number of aliphatic carboxylic acids is 1. The monoisotopic (exact) mass is 1930 g/mol. The van der Waals surface area contributed by atoms with Crippen LogP contribution in [-0.4, -0.2) is 268 Å². The van der Waals surface area contributed by atoms with E-state index in [9.17, 15) is 87.5 Å². The Kier molecular flexibility index (Phi) is 36.3. The van der Waals surface area contributed by atoms with Gasteiger partial charge in [0.05, 0.1) is 44.8 Å². The van der Waals surface area contributed by atoms with Crippen molar-refractivity contribution >= 4 is 134 Å². The molecule has 0 spiro atoms. The number of aliphatic hydroxyl groups excluding tert-OH is 1. The molecule has 11 rings (SSSR count). The van der Waals surface area contributed by atoms with E-state index in [4.69, 9.17) is 11.5 Å². The maximum Gasteiger partial charge on any atom is 0.325 e. The minimum atomic E-state index is -2.11. The number of nitrogens with one attached hydrogen (secondary N) is 18. The average molecular weight is 1930 g/mol. The summed E-state index contributed by atoms with van der Waals surface area (Å²) in [5.74, 6) is -21.8. The molecule has 45 heteroatoms. The van der Waals surface area contributed by atoms with E-state index in [-0.39, 0.29) is 63.0 Å². The summed E-state index contributed by atoms with van der Waals surface area (Å²) in [6.07, 6.45) is -1.53. The van der Waals surface area contributed by atoms with Crippen LogP contribution in [0.5, 0.6) is 11.5 Å². The molecule has 0 unspecified atom stereocenters. The predicted molar refractivity (Wildman–Crippen MR) is 499 cm³/mol. The largest absolute Gasteiger partial charge is 0.508 e. The third kappa shape index (κ3) is 29.8. The number of carbonyl (C=O) groups excluding carboxylic acids is 18. The van der Waals surface area contributed by atoms with Crippen LogP contribution >= 0.6 is 0 Å². The third-order valence-corrected chi connectivity index (χ3v) is 23.3. The number of fused-ring (bicyclic) bond motifs is 3. The molecule has 15 atom stereocenters. The van der Waals surface area contributed by atoms with Crippen molar-refractivity contribution in [2.24, 2.45) is 11.5 Å². The number of nitrogens with zero attached hydrogens (tertiary/aromatic N) is 2. The number of primary amides is 2. The van der Waals surface area contributed by atoms with Crippen molar-refractivity contribution in [3.63, 3.8) is 0 Å². The smallest absolute Gasteiger partial charge is 0.325 e. The van der Waals surface area contributed by atoms with Gasteiger partial charge in [-0.25, -0.2) is 4.98 Å². The minimum absolute atomic E-state index is 0.111. The Balaban J connectivity index is 0.893. The van der Waals surface area contributed by atoms with E-state index in [0.29, 0.717) is 60.9 Å². The fourth-order valence-corrected chi connectivity index (χ4v) is 15.9. The highest BCUT2D eigenvalue weighted by atomic mass is 16.4. The van der Waals surface area contributed by atoms with Gasteiger partial charge in [-0.1, -0.05) is 121 Å². The summed E-state index contributed by atoms with van der Waals surface area (Å²) < 4.78 is 0. The highest BCUT2D eigenvalue weighted by Crippen LogP contribution is 2.25. The Bertz CT molecular complexity index is 6020. The van der Waals surface area contributed by atoms with Gasteiger partial charge in [0.2, 0.25) is 106 Å². The molecular formula is C95H110N22O23. The summed E-state index contributed by atoms with van der Waals surface area (Å²) in [6, 6.07) is 16.4. The van der Waals surface area contributed by atoms with Crippen molar-refractivity contribution in [2.75, 3.05) is 19.6 Å². The number of phenolic OH excluding ortho intramolecular Hbond substituents is 2. The van der Waals surface area contributed by atoms with E-state index in [0.717, 1.165) is 11.8 Å². The molecular weight excluding hydrogens is 1820 g/mol. The second-order valence-electron chi connectivity index (χ2n) is 34.0. The molecule has 6 aromatic carbocycles. The summed E-state index contributed by atoms with van der Waals surface area (Å²) in [6.45, 7) is 1.45. The molecule has 3 aromatic heterocycles. The number of aromatic nitrogens is 4. The van der Waals surface area contributed by atoms with Crippen molar-refractivity contribution in [1.29, 1.82) is 0 Å². The van der Waals surface area contributed by atoms with E-state index in [2.05, 4.69) is 99.7 Å². The lowest BCUT2D eigenvalue weighted by Crippen LogP contribution is -2.62. The molecule has 0 saturated carbocycles.